The maximum Gasteiger partial charge on any atom is 0.433 e. The van der Waals surface area contributed by atoms with Crippen LogP contribution < -0.4 is 10.6 Å². The van der Waals surface area contributed by atoms with Crippen LogP contribution in [0.4, 0.5) is 9.59 Å². The lowest BCUT2D eigenvalue weighted by molar-refractivity contribution is 0.0629. The Balaban J connectivity index is 2.67. The molecule has 2 unspecified atom stereocenters. The average Bonchev–Trinajstić information content (AvgIpc) is 2.60. The summed E-state index contributed by atoms with van der Waals surface area (Å²) in [6.45, 7) is 18.5. The summed E-state index contributed by atoms with van der Waals surface area (Å²) in [6.07, 6.45) is 1.33. The van der Waals surface area contributed by atoms with Gasteiger partial charge in [-0.05, 0) is 55.8 Å². The van der Waals surface area contributed by atoms with Crippen LogP contribution in [0.15, 0.2) is 10.3 Å². The van der Waals surface area contributed by atoms with Crippen LogP contribution in [0.25, 0.3) is 0 Å². The lowest BCUT2D eigenvalue weighted by Crippen LogP contribution is -2.50. The lowest BCUT2D eigenvalue weighted by Gasteiger charge is -2.46. The molecule has 0 heterocycles. The second-order valence-electron chi connectivity index (χ2n) is 10.3. The van der Waals surface area contributed by atoms with Crippen LogP contribution in [-0.4, -0.2) is 36.2 Å². The van der Waals surface area contributed by atoms with E-state index in [1.807, 2.05) is 41.5 Å². The SMILES string of the molecule is C/C(=N\OC(=O)NCC1(C)CC(NC(=O)O/N=C(\C)C(C)C)CC(C)(C)C1)C(C)C. The molecule has 8 heteroatoms. The summed E-state index contributed by atoms with van der Waals surface area (Å²) in [6, 6.07) is -0.0696. The Morgan fingerprint density at radius 3 is 1.93 bits per heavy atom. The predicted molar refractivity (Wildman–Crippen MR) is 120 cm³/mol. The van der Waals surface area contributed by atoms with Crippen molar-refractivity contribution in [3.8, 4) is 0 Å². The average molecular weight is 425 g/mol. The van der Waals surface area contributed by atoms with Crippen molar-refractivity contribution in [2.24, 2.45) is 33.0 Å². The molecule has 1 saturated carbocycles. The fourth-order valence-corrected chi connectivity index (χ4v) is 3.82. The second-order valence-corrected chi connectivity index (χ2v) is 10.3. The summed E-state index contributed by atoms with van der Waals surface area (Å²) < 4.78 is 0. The summed E-state index contributed by atoms with van der Waals surface area (Å²) in [7, 11) is 0. The second kappa shape index (κ2) is 10.8. The maximum atomic E-state index is 12.2. The van der Waals surface area contributed by atoms with Gasteiger partial charge >= 0.3 is 12.2 Å². The maximum absolute atomic E-state index is 12.2. The van der Waals surface area contributed by atoms with Crippen molar-refractivity contribution in [1.29, 1.82) is 0 Å². The smallest absolute Gasteiger partial charge is 0.319 e. The zero-order chi connectivity index (χ0) is 23.1. The fourth-order valence-electron chi connectivity index (χ4n) is 3.82. The molecule has 0 saturated heterocycles. The first-order valence-electron chi connectivity index (χ1n) is 10.7. The topological polar surface area (TPSA) is 101 Å². The van der Waals surface area contributed by atoms with Crippen LogP contribution in [0.2, 0.25) is 0 Å². The molecule has 0 aromatic heterocycles. The molecular formula is C22H40N4O4. The molecule has 0 aliphatic heterocycles. The molecule has 0 bridgehead atoms. The van der Waals surface area contributed by atoms with Crippen molar-refractivity contribution in [3.63, 3.8) is 0 Å². The Kier molecular flexibility index (Phi) is 9.31. The van der Waals surface area contributed by atoms with E-state index in [0.717, 1.165) is 24.3 Å². The highest BCUT2D eigenvalue weighted by Crippen LogP contribution is 2.45. The number of nitrogens with one attached hydrogen (secondary N) is 2. The van der Waals surface area contributed by atoms with Gasteiger partial charge in [-0.1, -0.05) is 58.8 Å². The van der Waals surface area contributed by atoms with Crippen LogP contribution in [0.1, 0.15) is 81.6 Å². The molecule has 30 heavy (non-hydrogen) atoms. The molecule has 0 aromatic carbocycles. The predicted octanol–water partition coefficient (Wildman–Crippen LogP) is 5.09. The fraction of sp³-hybridized carbons (Fsp3) is 0.818. The number of hydrogen-bond donors (Lipinski definition) is 2. The Bertz CT molecular complexity index is 670. The summed E-state index contributed by atoms with van der Waals surface area (Å²) in [4.78, 5) is 34.2. The third kappa shape index (κ3) is 9.13. The van der Waals surface area contributed by atoms with Gasteiger partial charge in [0.1, 0.15) is 0 Å². The molecule has 0 radical (unpaired) electrons. The number of rotatable bonds is 7. The number of oxime groups is 2. The molecule has 2 N–H and O–H groups in total. The van der Waals surface area contributed by atoms with E-state index in [1.54, 1.807) is 0 Å². The minimum atomic E-state index is -0.568. The number of carbonyl (C=O) groups is 2. The van der Waals surface area contributed by atoms with Crippen molar-refractivity contribution >= 4 is 23.6 Å². The van der Waals surface area contributed by atoms with Gasteiger partial charge in [0.15, 0.2) is 0 Å². The molecule has 8 nitrogen and oxygen atoms in total. The highest BCUT2D eigenvalue weighted by molar-refractivity contribution is 5.84. The summed E-state index contributed by atoms with van der Waals surface area (Å²) in [5.41, 5.74) is 1.32. The molecule has 2 amide bonds. The highest BCUT2D eigenvalue weighted by atomic mass is 16.7. The van der Waals surface area contributed by atoms with E-state index in [0.29, 0.717) is 13.0 Å². The molecule has 1 aliphatic carbocycles. The number of carbonyl (C=O) groups excluding carboxylic acids is 2. The van der Waals surface area contributed by atoms with Crippen molar-refractivity contribution in [1.82, 2.24) is 10.6 Å². The highest BCUT2D eigenvalue weighted by Gasteiger charge is 2.42. The van der Waals surface area contributed by atoms with Crippen molar-refractivity contribution in [3.05, 3.63) is 0 Å². The number of hydrogen-bond acceptors (Lipinski definition) is 6. The molecular weight excluding hydrogens is 384 g/mol. The molecule has 1 fully saturated rings. The van der Waals surface area contributed by atoms with Crippen LogP contribution >= 0.6 is 0 Å². The van der Waals surface area contributed by atoms with E-state index in [2.05, 4.69) is 41.7 Å². The van der Waals surface area contributed by atoms with E-state index in [4.69, 9.17) is 9.68 Å². The van der Waals surface area contributed by atoms with Crippen molar-refractivity contribution in [2.45, 2.75) is 87.6 Å². The van der Waals surface area contributed by atoms with Crippen LogP contribution in [-0.2, 0) is 9.68 Å². The molecule has 0 spiro atoms. The van der Waals surface area contributed by atoms with E-state index >= 15 is 0 Å². The standard InChI is InChI=1S/C22H40N4O4/c1-14(2)16(5)25-29-19(27)23-13-22(9)11-18(10-21(7,8)12-22)24-20(28)30-26-17(6)15(3)4/h14-15,18H,10-13H2,1-9H3,(H,23,27)(H,24,28)/b25-16+,26-17+. The van der Waals surface area contributed by atoms with Gasteiger partial charge in [0.05, 0.1) is 11.4 Å². The Hall–Kier alpha value is -2.12. The van der Waals surface area contributed by atoms with Crippen molar-refractivity contribution < 1.29 is 19.3 Å². The molecule has 172 valence electrons. The molecule has 1 aliphatic rings. The van der Waals surface area contributed by atoms with E-state index in [9.17, 15) is 9.59 Å². The van der Waals surface area contributed by atoms with Gasteiger partial charge in [0, 0.05) is 12.6 Å². The van der Waals surface area contributed by atoms with Gasteiger partial charge in [-0.15, -0.1) is 0 Å². The van der Waals surface area contributed by atoms with Crippen LogP contribution in [0.3, 0.4) is 0 Å². The van der Waals surface area contributed by atoms with Gasteiger partial charge in [-0.2, -0.15) is 0 Å². The number of amides is 2. The van der Waals surface area contributed by atoms with Gasteiger partial charge in [0.25, 0.3) is 0 Å². The third-order valence-corrected chi connectivity index (χ3v) is 5.64. The zero-order valence-corrected chi connectivity index (χ0v) is 20.1. The summed E-state index contributed by atoms with van der Waals surface area (Å²) >= 11 is 0. The minimum absolute atomic E-state index is 0.0000319. The molecule has 0 aromatic rings. The summed E-state index contributed by atoms with van der Waals surface area (Å²) in [5.74, 6) is 0.434. The third-order valence-electron chi connectivity index (χ3n) is 5.64. The Morgan fingerprint density at radius 1 is 0.933 bits per heavy atom. The van der Waals surface area contributed by atoms with E-state index < -0.39 is 12.2 Å². The van der Waals surface area contributed by atoms with Crippen LogP contribution in [0, 0.1) is 22.7 Å². The van der Waals surface area contributed by atoms with Gasteiger partial charge in [-0.25, -0.2) is 9.59 Å². The van der Waals surface area contributed by atoms with E-state index in [1.165, 1.54) is 0 Å². The van der Waals surface area contributed by atoms with E-state index in [-0.39, 0.29) is 28.7 Å². The first-order chi connectivity index (χ1) is 13.7. The molecule has 2 atom stereocenters. The summed E-state index contributed by atoms with van der Waals surface area (Å²) in [5, 5.41) is 13.5. The van der Waals surface area contributed by atoms with Gasteiger partial charge < -0.3 is 10.6 Å². The van der Waals surface area contributed by atoms with Gasteiger partial charge in [-0.3, -0.25) is 9.68 Å². The first-order valence-corrected chi connectivity index (χ1v) is 10.7. The zero-order valence-electron chi connectivity index (χ0n) is 20.1. The van der Waals surface area contributed by atoms with Gasteiger partial charge in [0.2, 0.25) is 0 Å². The largest absolute Gasteiger partial charge is 0.433 e. The van der Waals surface area contributed by atoms with Crippen LogP contribution in [0.5, 0.6) is 0 Å². The quantitative estimate of drug-likeness (QED) is 0.338. The Labute approximate surface area is 181 Å². The lowest BCUT2D eigenvalue weighted by atomic mass is 9.62. The number of nitrogens with zero attached hydrogens (tertiary/aromatic N) is 2. The monoisotopic (exact) mass is 424 g/mol. The Morgan fingerprint density at radius 2 is 1.43 bits per heavy atom. The minimum Gasteiger partial charge on any atom is -0.319 e. The molecule has 1 rings (SSSR count). The van der Waals surface area contributed by atoms with Crippen molar-refractivity contribution in [2.75, 3.05) is 6.54 Å². The first kappa shape index (κ1) is 25.9. The normalized spacial score (nSPS) is 24.6.